The smallest absolute Gasteiger partial charge is 0.422 e. The maximum Gasteiger partial charge on any atom is 0.422 e. The average molecular weight is 291 g/mol. The van der Waals surface area contributed by atoms with Crippen LogP contribution in [-0.4, -0.2) is 36.9 Å². The predicted octanol–water partition coefficient (Wildman–Crippen LogP) is -0.566. The van der Waals surface area contributed by atoms with Crippen LogP contribution in [-0.2, 0) is 21.5 Å². The summed E-state index contributed by atoms with van der Waals surface area (Å²) in [6.45, 7) is 3.58. The zero-order valence-electron chi connectivity index (χ0n) is 10.7. The molecule has 0 bridgehead atoms. The van der Waals surface area contributed by atoms with Gasteiger partial charge >= 0.3 is 16.3 Å². The number of nitrogens with one attached hydrogen (secondary N) is 2. The lowest BCUT2D eigenvalue weighted by Gasteiger charge is -2.10. The van der Waals surface area contributed by atoms with E-state index in [1.807, 2.05) is 0 Å². The second kappa shape index (κ2) is 6.38. The number of aromatic nitrogens is 2. The number of amides is 1. The standard InChI is InChI=1S/C9H17N5O4S/c1-7(2)18-9(15)13-19(16,17)12-3-4-14-6-8(10)5-11-14/h5-7,12H,3-4,10H2,1-2H3,(H,13,15). The van der Waals surface area contributed by atoms with E-state index in [0.29, 0.717) is 5.69 Å². The molecule has 1 amide bonds. The van der Waals surface area contributed by atoms with Gasteiger partial charge in [-0.3, -0.25) is 4.68 Å². The van der Waals surface area contributed by atoms with Gasteiger partial charge in [-0.1, -0.05) is 0 Å². The number of carbonyl (C=O) groups excluding carboxylic acids is 1. The molecule has 1 aromatic heterocycles. The van der Waals surface area contributed by atoms with Gasteiger partial charge in [0.1, 0.15) is 0 Å². The third-order valence-electron chi connectivity index (χ3n) is 1.85. The van der Waals surface area contributed by atoms with Gasteiger partial charge in [-0.15, -0.1) is 0 Å². The second-order valence-electron chi connectivity index (χ2n) is 3.99. The normalized spacial score (nSPS) is 11.5. The summed E-state index contributed by atoms with van der Waals surface area (Å²) in [6.07, 6.45) is 1.59. The van der Waals surface area contributed by atoms with Gasteiger partial charge in [0.2, 0.25) is 0 Å². The molecule has 0 unspecified atom stereocenters. The molecule has 1 heterocycles. The van der Waals surface area contributed by atoms with E-state index in [-0.39, 0.29) is 13.1 Å². The van der Waals surface area contributed by atoms with E-state index in [0.717, 1.165) is 0 Å². The fraction of sp³-hybridized carbons (Fsp3) is 0.556. The van der Waals surface area contributed by atoms with Gasteiger partial charge in [0.25, 0.3) is 0 Å². The first-order valence-corrected chi connectivity index (χ1v) is 7.03. The Morgan fingerprint density at radius 3 is 2.79 bits per heavy atom. The second-order valence-corrected chi connectivity index (χ2v) is 5.49. The number of nitrogens with two attached hydrogens (primary N) is 1. The molecule has 1 aromatic rings. The van der Waals surface area contributed by atoms with Crippen LogP contribution in [0.1, 0.15) is 13.8 Å². The SMILES string of the molecule is CC(C)OC(=O)NS(=O)(=O)NCCn1cc(N)cn1. The number of anilines is 1. The molecule has 9 nitrogen and oxygen atoms in total. The first-order chi connectivity index (χ1) is 8.78. The van der Waals surface area contributed by atoms with Crippen molar-refractivity contribution in [2.24, 2.45) is 0 Å². The number of hydrogen-bond donors (Lipinski definition) is 3. The van der Waals surface area contributed by atoms with E-state index in [2.05, 4.69) is 14.6 Å². The number of rotatable bonds is 6. The van der Waals surface area contributed by atoms with Crippen molar-refractivity contribution < 1.29 is 17.9 Å². The van der Waals surface area contributed by atoms with Crippen LogP contribution in [0.25, 0.3) is 0 Å². The third-order valence-corrected chi connectivity index (χ3v) is 2.87. The molecule has 0 aliphatic heterocycles. The minimum atomic E-state index is -3.94. The first kappa shape index (κ1) is 15.2. The molecule has 0 spiro atoms. The minimum absolute atomic E-state index is 0.0609. The van der Waals surface area contributed by atoms with Crippen LogP contribution in [0.5, 0.6) is 0 Å². The molecule has 108 valence electrons. The fourth-order valence-corrected chi connectivity index (χ4v) is 1.88. The Bertz CT molecular complexity index is 524. The van der Waals surface area contributed by atoms with Crippen LogP contribution < -0.4 is 15.2 Å². The lowest BCUT2D eigenvalue weighted by Crippen LogP contribution is -2.42. The molecule has 19 heavy (non-hydrogen) atoms. The van der Waals surface area contributed by atoms with Crippen molar-refractivity contribution in [2.45, 2.75) is 26.5 Å². The Labute approximate surface area is 111 Å². The van der Waals surface area contributed by atoms with Crippen LogP contribution in [0, 0.1) is 0 Å². The van der Waals surface area contributed by atoms with Crippen molar-refractivity contribution >= 4 is 22.0 Å². The topological polar surface area (TPSA) is 128 Å². The van der Waals surface area contributed by atoms with E-state index < -0.39 is 22.4 Å². The monoisotopic (exact) mass is 291 g/mol. The molecule has 0 radical (unpaired) electrons. The Hall–Kier alpha value is -1.81. The largest absolute Gasteiger partial charge is 0.446 e. The van der Waals surface area contributed by atoms with Crippen LogP contribution in [0.4, 0.5) is 10.5 Å². The molecule has 1 rings (SSSR count). The Balaban J connectivity index is 2.36. The Morgan fingerprint density at radius 1 is 1.58 bits per heavy atom. The van der Waals surface area contributed by atoms with Gasteiger partial charge in [0, 0.05) is 12.7 Å². The molecule has 0 saturated heterocycles. The van der Waals surface area contributed by atoms with Gasteiger partial charge in [0.05, 0.1) is 24.5 Å². The summed E-state index contributed by atoms with van der Waals surface area (Å²) in [7, 11) is -3.94. The molecule has 0 aromatic carbocycles. The molecular weight excluding hydrogens is 274 g/mol. The summed E-state index contributed by atoms with van der Waals surface area (Å²) in [6, 6.07) is 0. The molecule has 0 aliphatic rings. The lowest BCUT2D eigenvalue weighted by molar-refractivity contribution is 0.121. The predicted molar refractivity (Wildman–Crippen MR) is 68.3 cm³/mol. The van der Waals surface area contributed by atoms with E-state index >= 15 is 0 Å². The van der Waals surface area contributed by atoms with Crippen LogP contribution in [0.3, 0.4) is 0 Å². The third kappa shape index (κ3) is 6.06. The molecule has 0 saturated carbocycles. The number of hydrogen-bond acceptors (Lipinski definition) is 6. The van der Waals surface area contributed by atoms with E-state index in [1.165, 1.54) is 10.9 Å². The van der Waals surface area contributed by atoms with Crippen molar-refractivity contribution in [2.75, 3.05) is 12.3 Å². The fourth-order valence-electron chi connectivity index (χ4n) is 1.18. The maximum atomic E-state index is 11.4. The van der Waals surface area contributed by atoms with Crippen molar-refractivity contribution in [1.82, 2.24) is 19.2 Å². The number of nitrogens with zero attached hydrogens (tertiary/aromatic N) is 2. The summed E-state index contributed by atoms with van der Waals surface area (Å²) < 4.78 is 32.9. The summed E-state index contributed by atoms with van der Waals surface area (Å²) in [5, 5.41) is 3.88. The van der Waals surface area contributed by atoms with Crippen LogP contribution in [0.2, 0.25) is 0 Å². The Morgan fingerprint density at radius 2 is 2.26 bits per heavy atom. The van der Waals surface area contributed by atoms with Crippen LogP contribution in [0.15, 0.2) is 12.4 Å². The molecule has 0 fully saturated rings. The maximum absolute atomic E-state index is 11.4. The van der Waals surface area contributed by atoms with Crippen molar-refractivity contribution in [3.63, 3.8) is 0 Å². The Kier molecular flexibility index (Phi) is 5.12. The van der Waals surface area contributed by atoms with E-state index in [1.54, 1.807) is 24.8 Å². The van der Waals surface area contributed by atoms with Crippen molar-refractivity contribution in [3.8, 4) is 0 Å². The molecule has 10 heteroatoms. The number of ether oxygens (including phenoxy) is 1. The highest BCUT2D eigenvalue weighted by Crippen LogP contribution is 1.96. The summed E-state index contributed by atoms with van der Waals surface area (Å²) in [5.74, 6) is 0. The summed E-state index contributed by atoms with van der Waals surface area (Å²) in [5.41, 5.74) is 5.94. The zero-order valence-corrected chi connectivity index (χ0v) is 11.5. The van der Waals surface area contributed by atoms with Gasteiger partial charge in [0.15, 0.2) is 0 Å². The van der Waals surface area contributed by atoms with Crippen molar-refractivity contribution in [1.29, 1.82) is 0 Å². The minimum Gasteiger partial charge on any atom is -0.446 e. The van der Waals surface area contributed by atoms with Gasteiger partial charge in [-0.25, -0.2) is 9.52 Å². The average Bonchev–Trinajstić information content (AvgIpc) is 2.61. The van der Waals surface area contributed by atoms with Gasteiger partial charge in [-0.05, 0) is 13.8 Å². The highest BCUT2D eigenvalue weighted by molar-refractivity contribution is 7.88. The number of nitrogen functional groups attached to an aromatic ring is 1. The summed E-state index contributed by atoms with van der Waals surface area (Å²) in [4.78, 5) is 11.1. The molecule has 0 atom stereocenters. The lowest BCUT2D eigenvalue weighted by atomic mass is 10.5. The number of carbonyl (C=O) groups is 1. The van der Waals surface area contributed by atoms with E-state index in [4.69, 9.17) is 5.73 Å². The highest BCUT2D eigenvalue weighted by Gasteiger charge is 2.15. The first-order valence-electron chi connectivity index (χ1n) is 5.54. The summed E-state index contributed by atoms with van der Waals surface area (Å²) >= 11 is 0. The van der Waals surface area contributed by atoms with Crippen molar-refractivity contribution in [3.05, 3.63) is 12.4 Å². The zero-order chi connectivity index (χ0) is 14.5. The van der Waals surface area contributed by atoms with Gasteiger partial charge in [-0.2, -0.15) is 18.2 Å². The van der Waals surface area contributed by atoms with Crippen LogP contribution >= 0.6 is 0 Å². The highest BCUT2D eigenvalue weighted by atomic mass is 32.2. The quantitative estimate of drug-likeness (QED) is 0.644. The van der Waals surface area contributed by atoms with E-state index in [9.17, 15) is 13.2 Å². The van der Waals surface area contributed by atoms with Gasteiger partial charge < -0.3 is 10.5 Å². The molecule has 0 aliphatic carbocycles. The molecule has 4 N–H and O–H groups in total. The molecular formula is C9H17N5O4S.